The fourth-order valence-electron chi connectivity index (χ4n) is 1.77. The van der Waals surface area contributed by atoms with E-state index in [1.165, 1.54) is 29.6 Å². The summed E-state index contributed by atoms with van der Waals surface area (Å²) in [4.78, 5) is 0.00953. The molecule has 21 heavy (non-hydrogen) atoms. The molecule has 0 amide bonds. The smallest absolute Gasteiger partial charge is 0.375 e. The minimum Gasteiger partial charge on any atom is -0.375 e. The third kappa shape index (κ3) is 3.36. The van der Waals surface area contributed by atoms with Gasteiger partial charge in [-0.25, -0.2) is 0 Å². The van der Waals surface area contributed by atoms with Crippen LogP contribution >= 0.6 is 11.3 Å². The van der Waals surface area contributed by atoms with Crippen LogP contribution in [0.2, 0.25) is 0 Å². The third-order valence-corrected chi connectivity index (χ3v) is 5.52. The molecule has 114 valence electrons. The minimum atomic E-state index is -4.89. The molecule has 2 atom stereocenters. The molecule has 0 saturated heterocycles. The van der Waals surface area contributed by atoms with Crippen LogP contribution in [-0.4, -0.2) is 21.2 Å². The lowest BCUT2D eigenvalue weighted by Gasteiger charge is -2.29. The van der Waals surface area contributed by atoms with Crippen molar-refractivity contribution in [3.05, 3.63) is 52.2 Å². The van der Waals surface area contributed by atoms with Gasteiger partial charge >= 0.3 is 6.18 Å². The van der Waals surface area contributed by atoms with Crippen LogP contribution < -0.4 is 0 Å². The van der Waals surface area contributed by atoms with Crippen molar-refractivity contribution in [2.75, 3.05) is 5.75 Å². The molecule has 1 aromatic heterocycles. The summed E-state index contributed by atoms with van der Waals surface area (Å²) in [5.74, 6) is -0.917. The molecule has 2 unspecified atom stereocenters. The summed E-state index contributed by atoms with van der Waals surface area (Å²) in [6.07, 6.45) is -4.89. The number of hydrogen-bond donors (Lipinski definition) is 1. The predicted molar refractivity (Wildman–Crippen MR) is 76.7 cm³/mol. The van der Waals surface area contributed by atoms with E-state index in [1.807, 2.05) is 6.92 Å². The fourth-order valence-corrected chi connectivity index (χ4v) is 4.01. The Labute approximate surface area is 126 Å². The molecule has 0 spiro atoms. The molecule has 2 nitrogen and oxygen atoms in total. The molecule has 1 aromatic carbocycles. The quantitative estimate of drug-likeness (QED) is 0.927. The lowest BCUT2D eigenvalue weighted by molar-refractivity contribution is -0.255. The van der Waals surface area contributed by atoms with Crippen LogP contribution in [0.1, 0.15) is 10.4 Å². The highest BCUT2D eigenvalue weighted by Crippen LogP contribution is 2.42. The van der Waals surface area contributed by atoms with Gasteiger partial charge in [0, 0.05) is 9.77 Å². The Hall–Kier alpha value is -1.18. The Morgan fingerprint density at radius 2 is 1.81 bits per heavy atom. The van der Waals surface area contributed by atoms with E-state index in [-0.39, 0.29) is 9.77 Å². The van der Waals surface area contributed by atoms with Crippen LogP contribution in [0.15, 0.2) is 46.7 Å². The fraction of sp³-hybridized carbons (Fsp3) is 0.286. The van der Waals surface area contributed by atoms with E-state index in [4.69, 9.17) is 0 Å². The zero-order valence-electron chi connectivity index (χ0n) is 11.1. The van der Waals surface area contributed by atoms with Gasteiger partial charge in [-0.1, -0.05) is 23.8 Å². The van der Waals surface area contributed by atoms with Crippen molar-refractivity contribution in [1.82, 2.24) is 0 Å². The normalized spacial score (nSPS) is 16.4. The van der Waals surface area contributed by atoms with E-state index < -0.39 is 28.3 Å². The molecule has 0 bridgehead atoms. The first-order valence-electron chi connectivity index (χ1n) is 6.02. The van der Waals surface area contributed by atoms with Crippen LogP contribution in [0.3, 0.4) is 0 Å². The lowest BCUT2D eigenvalue weighted by Crippen LogP contribution is -2.46. The Kier molecular flexibility index (Phi) is 4.55. The maximum atomic E-state index is 13.2. The molecule has 0 fully saturated rings. The van der Waals surface area contributed by atoms with Crippen molar-refractivity contribution in [2.45, 2.75) is 23.6 Å². The van der Waals surface area contributed by atoms with Gasteiger partial charge in [-0.05, 0) is 30.5 Å². The predicted octanol–water partition coefficient (Wildman–Crippen LogP) is 3.61. The van der Waals surface area contributed by atoms with Crippen molar-refractivity contribution in [3.63, 3.8) is 0 Å². The summed E-state index contributed by atoms with van der Waals surface area (Å²) in [6.45, 7) is 1.82. The monoisotopic (exact) mass is 334 g/mol. The number of benzene rings is 1. The standard InChI is InChI=1S/C14H13F3O2S2/c1-10-4-6-11(7-5-10)21(19)9-13(18,14(15,16)17)12-3-2-8-20-12/h2-8,18H,9H2,1H3. The first-order valence-corrected chi connectivity index (χ1v) is 8.22. The average molecular weight is 334 g/mol. The van der Waals surface area contributed by atoms with Gasteiger partial charge in [-0.15, -0.1) is 11.3 Å². The second kappa shape index (κ2) is 5.90. The molecule has 2 aromatic rings. The van der Waals surface area contributed by atoms with E-state index in [2.05, 4.69) is 0 Å². The van der Waals surface area contributed by atoms with Gasteiger partial charge in [0.15, 0.2) is 0 Å². The van der Waals surface area contributed by atoms with Gasteiger partial charge in [0.25, 0.3) is 0 Å². The van der Waals surface area contributed by atoms with Crippen molar-refractivity contribution in [3.8, 4) is 0 Å². The summed E-state index contributed by atoms with van der Waals surface area (Å²) in [7, 11) is -1.96. The number of hydrogen-bond acceptors (Lipinski definition) is 3. The first-order chi connectivity index (χ1) is 9.74. The van der Waals surface area contributed by atoms with Crippen molar-refractivity contribution >= 4 is 22.1 Å². The van der Waals surface area contributed by atoms with Gasteiger partial charge in [0.1, 0.15) is 0 Å². The molecule has 7 heteroatoms. The third-order valence-electron chi connectivity index (χ3n) is 3.02. The van der Waals surface area contributed by atoms with Crippen LogP contribution in [0, 0.1) is 6.92 Å². The maximum absolute atomic E-state index is 13.2. The number of aliphatic hydroxyl groups is 1. The second-order valence-corrected chi connectivity index (χ2v) is 7.04. The molecule has 0 aliphatic rings. The number of alkyl halides is 3. The summed E-state index contributed by atoms with van der Waals surface area (Å²) >= 11 is 0.792. The first kappa shape index (κ1) is 16.2. The van der Waals surface area contributed by atoms with Crippen molar-refractivity contribution in [1.29, 1.82) is 0 Å². The lowest BCUT2D eigenvalue weighted by atomic mass is 10.0. The molecular formula is C14H13F3O2S2. The molecule has 0 radical (unpaired) electrons. The van der Waals surface area contributed by atoms with E-state index in [0.717, 1.165) is 16.9 Å². The molecular weight excluding hydrogens is 321 g/mol. The van der Waals surface area contributed by atoms with Gasteiger partial charge in [-0.3, -0.25) is 4.21 Å². The van der Waals surface area contributed by atoms with Gasteiger partial charge in [-0.2, -0.15) is 13.2 Å². The zero-order chi connectivity index (χ0) is 15.7. The molecule has 1 N–H and O–H groups in total. The van der Waals surface area contributed by atoms with E-state index in [0.29, 0.717) is 0 Å². The highest BCUT2D eigenvalue weighted by molar-refractivity contribution is 7.85. The van der Waals surface area contributed by atoms with Crippen molar-refractivity contribution in [2.24, 2.45) is 0 Å². The summed E-state index contributed by atoms with van der Waals surface area (Å²) < 4.78 is 51.9. The summed E-state index contributed by atoms with van der Waals surface area (Å²) in [5, 5.41) is 11.5. The second-order valence-electron chi connectivity index (χ2n) is 4.64. The highest BCUT2D eigenvalue weighted by Gasteiger charge is 2.56. The average Bonchev–Trinajstić information content (AvgIpc) is 2.92. The summed E-state index contributed by atoms with van der Waals surface area (Å²) in [5.41, 5.74) is -2.18. The zero-order valence-corrected chi connectivity index (χ0v) is 12.7. The number of aryl methyl sites for hydroxylation is 1. The molecule has 1 heterocycles. The molecule has 0 aliphatic carbocycles. The minimum absolute atomic E-state index is 0.254. The maximum Gasteiger partial charge on any atom is 0.423 e. The van der Waals surface area contributed by atoms with Gasteiger partial charge < -0.3 is 5.11 Å². The molecule has 0 saturated carbocycles. The topological polar surface area (TPSA) is 37.3 Å². The highest BCUT2D eigenvalue weighted by atomic mass is 32.2. The number of rotatable bonds is 4. The Morgan fingerprint density at radius 1 is 1.19 bits per heavy atom. The SMILES string of the molecule is Cc1ccc(S(=O)CC(O)(c2cccs2)C(F)(F)F)cc1. The molecule has 0 aliphatic heterocycles. The Morgan fingerprint density at radius 3 is 2.29 bits per heavy atom. The van der Waals surface area contributed by atoms with Crippen LogP contribution in [0.5, 0.6) is 0 Å². The van der Waals surface area contributed by atoms with Crippen LogP contribution in [0.4, 0.5) is 13.2 Å². The van der Waals surface area contributed by atoms with Crippen LogP contribution in [0.25, 0.3) is 0 Å². The van der Waals surface area contributed by atoms with Crippen molar-refractivity contribution < 1.29 is 22.5 Å². The number of halogens is 3. The van der Waals surface area contributed by atoms with Gasteiger partial charge in [0.2, 0.25) is 5.60 Å². The van der Waals surface area contributed by atoms with Gasteiger partial charge in [0.05, 0.1) is 16.6 Å². The van der Waals surface area contributed by atoms with E-state index in [9.17, 15) is 22.5 Å². The Bertz CT molecular complexity index is 621. The van der Waals surface area contributed by atoms with E-state index in [1.54, 1.807) is 12.1 Å². The van der Waals surface area contributed by atoms with E-state index >= 15 is 0 Å². The summed E-state index contributed by atoms with van der Waals surface area (Å²) in [6, 6.07) is 8.99. The Balaban J connectivity index is 2.32. The largest absolute Gasteiger partial charge is 0.423 e. The number of thiophene rings is 1. The van der Waals surface area contributed by atoms with Crippen LogP contribution in [-0.2, 0) is 16.4 Å². The molecule has 2 rings (SSSR count).